The van der Waals surface area contributed by atoms with Crippen LogP contribution in [-0.4, -0.2) is 12.1 Å². The van der Waals surface area contributed by atoms with Gasteiger partial charge in [-0.3, -0.25) is 0 Å². The lowest BCUT2D eigenvalue weighted by atomic mass is 9.56. The van der Waals surface area contributed by atoms with Crippen LogP contribution in [-0.2, 0) is 0 Å². The maximum atomic E-state index is 4.24. The Labute approximate surface area is 125 Å². The van der Waals surface area contributed by atoms with Gasteiger partial charge in [-0.2, -0.15) is 0 Å². The summed E-state index contributed by atoms with van der Waals surface area (Å²) in [7, 11) is 0. The average molecular weight is 275 g/mol. The third kappa shape index (κ3) is 1.71. The second-order valence-electron chi connectivity index (χ2n) is 9.53. The molecule has 0 aliphatic heterocycles. The summed E-state index contributed by atoms with van der Waals surface area (Å²) < 4.78 is 0. The molecule has 4 fully saturated rings. The minimum atomic E-state index is 0.526. The summed E-state index contributed by atoms with van der Waals surface area (Å²) in [4.78, 5) is 0. The number of fused-ring (bicyclic) bond motifs is 2. The standard InChI is InChI=1S/C19H33N/c1-17(2)14-7-11-18(3,13-14)16(17)20-15-8-12-19(15)9-5-4-6-10-19/h14-16,20H,4-13H2,1-3H3. The second kappa shape index (κ2) is 4.24. The smallest absolute Gasteiger partial charge is 0.0178 e. The number of hydrogen-bond acceptors (Lipinski definition) is 1. The van der Waals surface area contributed by atoms with E-state index in [0.29, 0.717) is 16.2 Å². The monoisotopic (exact) mass is 275 g/mol. The Kier molecular flexibility index (Phi) is 2.89. The van der Waals surface area contributed by atoms with Crippen molar-refractivity contribution >= 4 is 0 Å². The molecule has 0 heterocycles. The van der Waals surface area contributed by atoms with Crippen LogP contribution in [0.25, 0.3) is 0 Å². The highest BCUT2D eigenvalue weighted by Crippen LogP contribution is 2.63. The first kappa shape index (κ1) is 13.6. The van der Waals surface area contributed by atoms with Gasteiger partial charge in [0.15, 0.2) is 0 Å². The quantitative estimate of drug-likeness (QED) is 0.755. The Hall–Kier alpha value is -0.0400. The summed E-state index contributed by atoms with van der Waals surface area (Å²) in [6.45, 7) is 7.67. The molecule has 1 nitrogen and oxygen atoms in total. The normalized spacial score (nSPS) is 48.5. The van der Waals surface area contributed by atoms with Crippen molar-refractivity contribution in [1.29, 1.82) is 0 Å². The molecule has 4 saturated carbocycles. The molecule has 0 saturated heterocycles. The Morgan fingerprint density at radius 1 is 0.850 bits per heavy atom. The Bertz CT molecular complexity index is 388. The summed E-state index contributed by atoms with van der Waals surface area (Å²) in [5.41, 5.74) is 1.84. The molecule has 0 aromatic carbocycles. The van der Waals surface area contributed by atoms with E-state index in [1.807, 2.05) is 0 Å². The van der Waals surface area contributed by atoms with Crippen LogP contribution in [0.2, 0.25) is 0 Å². The summed E-state index contributed by atoms with van der Waals surface area (Å²) >= 11 is 0. The van der Waals surface area contributed by atoms with Crippen molar-refractivity contribution in [2.75, 3.05) is 0 Å². The zero-order valence-electron chi connectivity index (χ0n) is 13.8. The highest BCUT2D eigenvalue weighted by Gasteiger charge is 2.61. The van der Waals surface area contributed by atoms with Gasteiger partial charge in [0.25, 0.3) is 0 Å². The third-order valence-electron chi connectivity index (χ3n) is 8.16. The predicted molar refractivity (Wildman–Crippen MR) is 84.7 cm³/mol. The third-order valence-corrected chi connectivity index (χ3v) is 8.16. The lowest BCUT2D eigenvalue weighted by Gasteiger charge is -2.56. The number of nitrogens with one attached hydrogen (secondary N) is 1. The Morgan fingerprint density at radius 3 is 2.15 bits per heavy atom. The molecular formula is C19H33N. The van der Waals surface area contributed by atoms with Crippen LogP contribution in [0.1, 0.15) is 85.0 Å². The summed E-state index contributed by atoms with van der Waals surface area (Å²) in [5.74, 6) is 0.979. The largest absolute Gasteiger partial charge is 0.310 e. The molecule has 1 heteroatoms. The maximum Gasteiger partial charge on any atom is 0.0178 e. The lowest BCUT2D eigenvalue weighted by molar-refractivity contribution is -0.0134. The van der Waals surface area contributed by atoms with Crippen LogP contribution in [0.15, 0.2) is 0 Å². The molecule has 4 aliphatic carbocycles. The molecule has 1 spiro atoms. The van der Waals surface area contributed by atoms with Gasteiger partial charge in [0.1, 0.15) is 0 Å². The maximum absolute atomic E-state index is 4.24. The molecule has 0 aromatic heterocycles. The van der Waals surface area contributed by atoms with Gasteiger partial charge in [-0.15, -0.1) is 0 Å². The van der Waals surface area contributed by atoms with Gasteiger partial charge in [-0.1, -0.05) is 40.0 Å². The summed E-state index contributed by atoms with van der Waals surface area (Å²) in [6.07, 6.45) is 14.9. The van der Waals surface area contributed by atoms with Gasteiger partial charge in [-0.05, 0) is 67.1 Å². The lowest BCUT2D eigenvalue weighted by Crippen LogP contribution is -2.62. The van der Waals surface area contributed by atoms with Gasteiger partial charge >= 0.3 is 0 Å². The van der Waals surface area contributed by atoms with Crippen molar-refractivity contribution in [3.05, 3.63) is 0 Å². The van der Waals surface area contributed by atoms with Crippen LogP contribution in [0.4, 0.5) is 0 Å². The summed E-state index contributed by atoms with van der Waals surface area (Å²) in [6, 6.07) is 1.63. The first-order chi connectivity index (χ1) is 9.46. The van der Waals surface area contributed by atoms with E-state index >= 15 is 0 Å². The van der Waals surface area contributed by atoms with Crippen molar-refractivity contribution in [2.45, 2.75) is 97.1 Å². The highest BCUT2D eigenvalue weighted by molar-refractivity contribution is 5.14. The second-order valence-corrected chi connectivity index (χ2v) is 9.53. The Morgan fingerprint density at radius 2 is 1.60 bits per heavy atom. The molecule has 4 aliphatic rings. The topological polar surface area (TPSA) is 12.0 Å². The van der Waals surface area contributed by atoms with E-state index in [1.165, 1.54) is 64.2 Å². The van der Waals surface area contributed by atoms with Crippen molar-refractivity contribution in [1.82, 2.24) is 5.32 Å². The average Bonchev–Trinajstić information content (AvgIpc) is 2.89. The van der Waals surface area contributed by atoms with Gasteiger partial charge in [-0.25, -0.2) is 0 Å². The van der Waals surface area contributed by atoms with E-state index in [2.05, 4.69) is 26.1 Å². The molecule has 4 atom stereocenters. The molecule has 1 N–H and O–H groups in total. The first-order valence-electron chi connectivity index (χ1n) is 9.22. The van der Waals surface area contributed by atoms with Crippen LogP contribution < -0.4 is 5.32 Å². The van der Waals surface area contributed by atoms with E-state index in [1.54, 1.807) is 0 Å². The van der Waals surface area contributed by atoms with Gasteiger partial charge < -0.3 is 5.32 Å². The van der Waals surface area contributed by atoms with E-state index in [-0.39, 0.29) is 0 Å². The molecule has 0 aromatic rings. The molecule has 0 amide bonds. The van der Waals surface area contributed by atoms with Crippen molar-refractivity contribution in [3.63, 3.8) is 0 Å². The fraction of sp³-hybridized carbons (Fsp3) is 1.00. The number of hydrogen-bond donors (Lipinski definition) is 1. The van der Waals surface area contributed by atoms with Crippen LogP contribution >= 0.6 is 0 Å². The van der Waals surface area contributed by atoms with E-state index < -0.39 is 0 Å². The van der Waals surface area contributed by atoms with Crippen LogP contribution in [0.3, 0.4) is 0 Å². The van der Waals surface area contributed by atoms with Gasteiger partial charge in [0.05, 0.1) is 0 Å². The van der Waals surface area contributed by atoms with Crippen LogP contribution in [0.5, 0.6) is 0 Å². The fourth-order valence-corrected chi connectivity index (χ4v) is 6.73. The Balaban J connectivity index is 1.51. The zero-order valence-corrected chi connectivity index (χ0v) is 13.8. The fourth-order valence-electron chi connectivity index (χ4n) is 6.73. The molecule has 4 unspecified atom stereocenters. The molecular weight excluding hydrogens is 242 g/mol. The van der Waals surface area contributed by atoms with Crippen molar-refractivity contribution < 1.29 is 0 Å². The number of rotatable bonds is 2. The van der Waals surface area contributed by atoms with Gasteiger partial charge in [0.2, 0.25) is 0 Å². The molecule has 20 heavy (non-hydrogen) atoms. The molecule has 0 radical (unpaired) electrons. The highest BCUT2D eigenvalue weighted by atomic mass is 15.0. The van der Waals surface area contributed by atoms with Gasteiger partial charge in [0, 0.05) is 12.1 Å². The minimum absolute atomic E-state index is 0.526. The SMILES string of the molecule is CC12CCC(C1)C(C)(C)C2NC1CCC12CCCCC2. The van der Waals surface area contributed by atoms with E-state index in [9.17, 15) is 0 Å². The minimum Gasteiger partial charge on any atom is -0.310 e. The first-order valence-corrected chi connectivity index (χ1v) is 9.22. The van der Waals surface area contributed by atoms with Crippen molar-refractivity contribution in [3.8, 4) is 0 Å². The molecule has 4 rings (SSSR count). The van der Waals surface area contributed by atoms with Crippen LogP contribution in [0, 0.1) is 22.2 Å². The van der Waals surface area contributed by atoms with Crippen molar-refractivity contribution in [2.24, 2.45) is 22.2 Å². The molecule has 2 bridgehead atoms. The van der Waals surface area contributed by atoms with E-state index in [0.717, 1.165) is 18.0 Å². The molecule has 114 valence electrons. The predicted octanol–water partition coefficient (Wildman–Crippen LogP) is 4.90. The summed E-state index contributed by atoms with van der Waals surface area (Å²) in [5, 5.41) is 4.24. The zero-order chi connectivity index (χ0) is 14.0. The van der Waals surface area contributed by atoms with E-state index in [4.69, 9.17) is 0 Å².